The quantitative estimate of drug-likeness (QED) is 0.700. The number of aromatic amines is 2. The third kappa shape index (κ3) is 1.44. The van der Waals surface area contributed by atoms with E-state index < -0.39 is 6.67 Å². The Kier molecular flexibility index (Phi) is 2.56. The molecule has 2 N–H and O–H groups in total. The molecule has 0 amide bonds. The Balaban J connectivity index is 2.56. The number of aromatic nitrogens is 3. The van der Waals surface area contributed by atoms with Crippen molar-refractivity contribution < 1.29 is 4.39 Å². The van der Waals surface area contributed by atoms with Gasteiger partial charge in [-0.05, 0) is 5.56 Å². The van der Waals surface area contributed by atoms with Crippen LogP contribution in [0.2, 0.25) is 0 Å². The van der Waals surface area contributed by atoms with Gasteiger partial charge in [0.15, 0.2) is 0 Å². The van der Waals surface area contributed by atoms with E-state index >= 15 is 0 Å². The maximum absolute atomic E-state index is 13.2. The molecule has 18 heavy (non-hydrogen) atoms. The van der Waals surface area contributed by atoms with Gasteiger partial charge >= 0.3 is 0 Å². The Morgan fingerprint density at radius 2 is 2.11 bits per heavy atom. The van der Waals surface area contributed by atoms with Crippen LogP contribution in [-0.2, 0) is 12.6 Å². The molecule has 0 spiro atoms. The number of halogens is 2. The molecule has 3 rings (SSSR count). The van der Waals surface area contributed by atoms with Gasteiger partial charge in [-0.1, -0.05) is 12.1 Å². The van der Waals surface area contributed by atoms with Gasteiger partial charge in [0.2, 0.25) is 0 Å². The molecule has 0 aliphatic rings. The topological polar surface area (TPSA) is 61.5 Å². The Hall–Kier alpha value is -1.88. The molecular weight excluding hydrogens is 257 g/mol. The number of nitrogens with one attached hydrogen (secondary N) is 2. The molecule has 0 bridgehead atoms. The van der Waals surface area contributed by atoms with E-state index in [-0.39, 0.29) is 11.4 Å². The molecule has 0 radical (unpaired) electrons. The van der Waals surface area contributed by atoms with Crippen LogP contribution in [0.15, 0.2) is 23.1 Å². The van der Waals surface area contributed by atoms with Crippen molar-refractivity contribution >= 4 is 33.4 Å². The highest BCUT2D eigenvalue weighted by atomic mass is 35.5. The summed E-state index contributed by atoms with van der Waals surface area (Å²) < 4.78 is 13.2. The summed E-state index contributed by atoms with van der Waals surface area (Å²) in [4.78, 5) is 14.5. The largest absolute Gasteiger partial charge is 0.321 e. The van der Waals surface area contributed by atoms with Gasteiger partial charge in [0.1, 0.15) is 6.67 Å². The summed E-state index contributed by atoms with van der Waals surface area (Å²) in [7, 11) is 0. The van der Waals surface area contributed by atoms with Crippen molar-refractivity contribution in [1.29, 1.82) is 0 Å². The van der Waals surface area contributed by atoms with Crippen molar-refractivity contribution in [2.75, 3.05) is 0 Å². The molecule has 92 valence electrons. The molecule has 0 unspecified atom stereocenters. The van der Waals surface area contributed by atoms with E-state index in [4.69, 9.17) is 11.6 Å². The van der Waals surface area contributed by atoms with Crippen LogP contribution in [0.4, 0.5) is 4.39 Å². The Morgan fingerprint density at radius 1 is 1.28 bits per heavy atom. The van der Waals surface area contributed by atoms with Crippen molar-refractivity contribution in [1.82, 2.24) is 15.2 Å². The Bertz CT molecular complexity index is 793. The molecule has 0 atom stereocenters. The smallest absolute Gasteiger partial charge is 0.259 e. The lowest BCUT2D eigenvalue weighted by Gasteiger charge is -2.08. The minimum Gasteiger partial charge on any atom is -0.321 e. The predicted molar refractivity (Wildman–Crippen MR) is 68.6 cm³/mol. The number of benzene rings is 1. The van der Waals surface area contributed by atoms with Gasteiger partial charge in [-0.15, -0.1) is 11.6 Å². The number of pyridine rings is 1. The van der Waals surface area contributed by atoms with E-state index in [1.165, 1.54) is 6.20 Å². The van der Waals surface area contributed by atoms with Gasteiger partial charge in [-0.25, -0.2) is 4.39 Å². The van der Waals surface area contributed by atoms with Gasteiger partial charge in [0.05, 0.1) is 22.6 Å². The molecule has 0 aliphatic heterocycles. The summed E-state index contributed by atoms with van der Waals surface area (Å²) in [6.07, 6.45) is 1.46. The monoisotopic (exact) mass is 265 g/mol. The molecule has 2 aromatic heterocycles. The maximum atomic E-state index is 13.2. The number of fused-ring (bicyclic) bond motifs is 3. The van der Waals surface area contributed by atoms with Crippen molar-refractivity contribution in [3.05, 3.63) is 39.8 Å². The van der Waals surface area contributed by atoms with E-state index in [9.17, 15) is 9.18 Å². The molecule has 2 heterocycles. The number of H-pyrrole nitrogens is 2. The summed E-state index contributed by atoms with van der Waals surface area (Å²) in [5.41, 5.74) is 1.92. The lowest BCUT2D eigenvalue weighted by molar-refractivity contribution is 0.485. The van der Waals surface area contributed by atoms with Gasteiger partial charge in [0.25, 0.3) is 5.56 Å². The third-order valence-corrected chi connectivity index (χ3v) is 3.37. The van der Waals surface area contributed by atoms with Crippen LogP contribution < -0.4 is 5.56 Å². The lowest BCUT2D eigenvalue weighted by Crippen LogP contribution is -2.07. The Morgan fingerprint density at radius 3 is 2.83 bits per heavy atom. The minimum atomic E-state index is -0.672. The SMILES string of the molecule is O=c1[nH]c2c(CF)c(CCl)ccc2c2[nH]ncc12. The summed E-state index contributed by atoms with van der Waals surface area (Å²) in [6, 6.07) is 3.57. The second-order valence-electron chi connectivity index (χ2n) is 4.01. The molecular formula is C12H9ClFN3O. The van der Waals surface area contributed by atoms with Crippen LogP contribution in [-0.4, -0.2) is 15.2 Å². The maximum Gasteiger partial charge on any atom is 0.259 e. The molecule has 0 aliphatic carbocycles. The fraction of sp³-hybridized carbons (Fsp3) is 0.167. The number of alkyl halides is 2. The van der Waals surface area contributed by atoms with Crippen LogP contribution in [0, 0.1) is 0 Å². The highest BCUT2D eigenvalue weighted by Crippen LogP contribution is 2.26. The van der Waals surface area contributed by atoms with Crippen molar-refractivity contribution in [3.8, 4) is 0 Å². The van der Waals surface area contributed by atoms with Crippen LogP contribution in [0.5, 0.6) is 0 Å². The van der Waals surface area contributed by atoms with E-state index in [0.29, 0.717) is 27.5 Å². The molecule has 6 heteroatoms. The third-order valence-electron chi connectivity index (χ3n) is 3.08. The van der Waals surface area contributed by atoms with Crippen molar-refractivity contribution in [3.63, 3.8) is 0 Å². The normalized spacial score (nSPS) is 11.4. The first kappa shape index (κ1) is 11.2. The molecule has 0 saturated carbocycles. The number of hydrogen-bond donors (Lipinski definition) is 2. The van der Waals surface area contributed by atoms with Crippen molar-refractivity contribution in [2.24, 2.45) is 0 Å². The first-order valence-corrected chi connectivity index (χ1v) is 5.91. The summed E-state index contributed by atoms with van der Waals surface area (Å²) in [6.45, 7) is -0.672. The minimum absolute atomic E-state index is 0.207. The van der Waals surface area contributed by atoms with E-state index in [1.807, 2.05) is 6.07 Å². The molecule has 0 fully saturated rings. The zero-order valence-electron chi connectivity index (χ0n) is 9.26. The van der Waals surface area contributed by atoms with Gasteiger partial charge in [-0.2, -0.15) is 5.10 Å². The Labute approximate surface area is 106 Å². The van der Waals surface area contributed by atoms with Crippen LogP contribution in [0.25, 0.3) is 21.8 Å². The van der Waals surface area contributed by atoms with E-state index in [0.717, 1.165) is 5.39 Å². The fourth-order valence-corrected chi connectivity index (χ4v) is 2.41. The summed E-state index contributed by atoms with van der Waals surface area (Å²) >= 11 is 5.77. The average molecular weight is 266 g/mol. The van der Waals surface area contributed by atoms with E-state index in [2.05, 4.69) is 15.2 Å². The highest BCUT2D eigenvalue weighted by Gasteiger charge is 2.12. The summed E-state index contributed by atoms with van der Waals surface area (Å²) in [5.74, 6) is 0.207. The summed E-state index contributed by atoms with van der Waals surface area (Å²) in [5, 5.41) is 7.82. The first-order valence-electron chi connectivity index (χ1n) is 5.38. The lowest BCUT2D eigenvalue weighted by atomic mass is 10.0. The molecule has 3 aromatic rings. The predicted octanol–water partition coefficient (Wildman–Crippen LogP) is 2.61. The number of hydrogen-bond acceptors (Lipinski definition) is 2. The number of nitrogens with zero attached hydrogens (tertiary/aromatic N) is 1. The van der Waals surface area contributed by atoms with Crippen LogP contribution in [0.3, 0.4) is 0 Å². The second kappa shape index (κ2) is 4.10. The van der Waals surface area contributed by atoms with Gasteiger partial charge < -0.3 is 4.98 Å². The fourth-order valence-electron chi connectivity index (χ4n) is 2.16. The first-order chi connectivity index (χ1) is 8.76. The molecule has 0 saturated heterocycles. The second-order valence-corrected chi connectivity index (χ2v) is 4.27. The van der Waals surface area contributed by atoms with Gasteiger partial charge in [0, 0.05) is 16.8 Å². The van der Waals surface area contributed by atoms with Crippen LogP contribution >= 0.6 is 11.6 Å². The average Bonchev–Trinajstić information content (AvgIpc) is 2.87. The highest BCUT2D eigenvalue weighted by molar-refractivity contribution is 6.17. The number of rotatable bonds is 2. The van der Waals surface area contributed by atoms with Crippen LogP contribution in [0.1, 0.15) is 11.1 Å². The van der Waals surface area contributed by atoms with Gasteiger partial charge in [-0.3, -0.25) is 9.89 Å². The standard InChI is InChI=1S/C12H9ClFN3O/c13-3-6-1-2-7-10(8(6)4-14)16-12(18)9-5-15-17-11(7)9/h1-2,5H,3-4H2,(H,15,17)(H,16,18). The van der Waals surface area contributed by atoms with E-state index in [1.54, 1.807) is 6.07 Å². The zero-order valence-corrected chi connectivity index (χ0v) is 10.0. The molecule has 1 aromatic carbocycles. The molecule has 4 nitrogen and oxygen atoms in total. The zero-order chi connectivity index (χ0) is 12.7. The van der Waals surface area contributed by atoms with Crippen molar-refractivity contribution in [2.45, 2.75) is 12.6 Å².